The first-order valence-electron chi connectivity index (χ1n) is 6.14. The largest absolute Gasteiger partial charge is 0.480 e. The first-order chi connectivity index (χ1) is 9.63. The van der Waals surface area contributed by atoms with Gasteiger partial charge in [-0.3, -0.25) is 0 Å². The van der Waals surface area contributed by atoms with Crippen molar-refractivity contribution >= 4 is 29.4 Å². The Labute approximate surface area is 121 Å². The summed E-state index contributed by atoms with van der Waals surface area (Å²) in [5.41, 5.74) is 0.681. The number of hydrogen-bond donors (Lipinski definition) is 2. The number of nitrogens with zero attached hydrogens (tertiary/aromatic N) is 1. The molecule has 2 rings (SSSR count). The highest BCUT2D eigenvalue weighted by Crippen LogP contribution is 2.25. The Kier molecular flexibility index (Phi) is 4.86. The van der Waals surface area contributed by atoms with Crippen molar-refractivity contribution in [2.75, 3.05) is 31.3 Å². The van der Waals surface area contributed by atoms with Gasteiger partial charge in [-0.15, -0.1) is 11.8 Å². The lowest BCUT2D eigenvalue weighted by Crippen LogP contribution is -2.54. The highest BCUT2D eigenvalue weighted by atomic mass is 32.2. The van der Waals surface area contributed by atoms with E-state index >= 15 is 0 Å². The van der Waals surface area contributed by atoms with Gasteiger partial charge in [0, 0.05) is 11.4 Å². The average Bonchev–Trinajstić information content (AvgIpc) is 2.47. The van der Waals surface area contributed by atoms with E-state index in [4.69, 9.17) is 9.84 Å². The Hall–Kier alpha value is -1.73. The molecule has 0 spiro atoms. The highest BCUT2D eigenvalue weighted by molar-refractivity contribution is 7.98. The molecule has 6 nitrogen and oxygen atoms in total. The number of hydrogen-bond acceptors (Lipinski definition) is 4. The van der Waals surface area contributed by atoms with Crippen molar-refractivity contribution in [3.63, 3.8) is 0 Å². The Balaban J connectivity index is 2.12. The predicted molar refractivity (Wildman–Crippen MR) is 76.2 cm³/mol. The van der Waals surface area contributed by atoms with Crippen molar-refractivity contribution in [1.29, 1.82) is 0 Å². The second kappa shape index (κ2) is 6.62. The fourth-order valence-electron chi connectivity index (χ4n) is 1.99. The van der Waals surface area contributed by atoms with E-state index in [9.17, 15) is 9.59 Å². The summed E-state index contributed by atoms with van der Waals surface area (Å²) in [5, 5.41) is 11.9. The number of urea groups is 1. The zero-order valence-corrected chi connectivity index (χ0v) is 11.9. The van der Waals surface area contributed by atoms with Gasteiger partial charge in [0.2, 0.25) is 0 Å². The summed E-state index contributed by atoms with van der Waals surface area (Å²) in [6, 6.07) is 6.04. The number of para-hydroxylation sites is 1. The third kappa shape index (κ3) is 3.23. The quantitative estimate of drug-likeness (QED) is 0.830. The topological polar surface area (TPSA) is 78.9 Å². The summed E-state index contributed by atoms with van der Waals surface area (Å²) in [6.07, 6.45) is 1.92. The number of ether oxygens (including phenoxy) is 1. The number of thioether (sulfide) groups is 1. The summed E-state index contributed by atoms with van der Waals surface area (Å²) in [6.45, 7) is 0.637. The molecule has 1 fully saturated rings. The number of rotatable bonds is 3. The number of aliphatic carboxylic acids is 1. The van der Waals surface area contributed by atoms with E-state index in [0.717, 1.165) is 4.90 Å². The average molecular weight is 296 g/mol. The third-order valence-electron chi connectivity index (χ3n) is 3.02. The van der Waals surface area contributed by atoms with Gasteiger partial charge in [0.05, 0.1) is 18.9 Å². The van der Waals surface area contributed by atoms with Crippen molar-refractivity contribution in [3.05, 3.63) is 24.3 Å². The van der Waals surface area contributed by atoms with Gasteiger partial charge in [0.25, 0.3) is 0 Å². The van der Waals surface area contributed by atoms with Crippen LogP contribution < -0.4 is 5.32 Å². The Morgan fingerprint density at radius 2 is 2.20 bits per heavy atom. The van der Waals surface area contributed by atoms with Crippen LogP contribution in [-0.4, -0.2) is 54.1 Å². The number of carboxylic acid groups (broad SMARTS) is 1. The van der Waals surface area contributed by atoms with Crippen LogP contribution in [0.2, 0.25) is 0 Å². The van der Waals surface area contributed by atoms with Crippen molar-refractivity contribution in [2.24, 2.45) is 0 Å². The molecule has 0 aliphatic carbocycles. The Bertz CT molecular complexity index is 509. The summed E-state index contributed by atoms with van der Waals surface area (Å²) in [4.78, 5) is 25.6. The molecule has 0 aromatic heterocycles. The van der Waals surface area contributed by atoms with Crippen LogP contribution in [-0.2, 0) is 9.53 Å². The molecule has 2 amide bonds. The SMILES string of the molecule is CSc1ccccc1NC(=O)N1CCOCC1C(=O)O. The van der Waals surface area contributed by atoms with E-state index in [1.807, 2.05) is 24.5 Å². The van der Waals surface area contributed by atoms with E-state index in [2.05, 4.69) is 5.32 Å². The molecule has 1 aliphatic rings. The zero-order chi connectivity index (χ0) is 14.5. The predicted octanol–water partition coefficient (Wildman–Crippen LogP) is 1.73. The molecule has 1 aliphatic heterocycles. The third-order valence-corrected chi connectivity index (χ3v) is 3.82. The molecule has 1 aromatic carbocycles. The first kappa shape index (κ1) is 14.7. The second-order valence-electron chi connectivity index (χ2n) is 4.25. The zero-order valence-electron chi connectivity index (χ0n) is 11.0. The molecule has 1 heterocycles. The normalized spacial score (nSPS) is 18.6. The number of amides is 2. The van der Waals surface area contributed by atoms with E-state index in [1.54, 1.807) is 6.07 Å². The van der Waals surface area contributed by atoms with Gasteiger partial charge >= 0.3 is 12.0 Å². The number of nitrogens with one attached hydrogen (secondary N) is 1. The van der Waals surface area contributed by atoms with Gasteiger partial charge in [-0.1, -0.05) is 12.1 Å². The van der Waals surface area contributed by atoms with Crippen LogP contribution >= 0.6 is 11.8 Å². The van der Waals surface area contributed by atoms with Crippen molar-refractivity contribution in [3.8, 4) is 0 Å². The van der Waals surface area contributed by atoms with E-state index in [1.165, 1.54) is 16.7 Å². The molecule has 0 bridgehead atoms. The van der Waals surface area contributed by atoms with E-state index in [0.29, 0.717) is 12.3 Å². The molecular formula is C13H16N2O4S. The summed E-state index contributed by atoms with van der Waals surface area (Å²) >= 11 is 1.52. The summed E-state index contributed by atoms with van der Waals surface area (Å²) < 4.78 is 5.11. The van der Waals surface area contributed by atoms with Gasteiger partial charge in [0.1, 0.15) is 0 Å². The number of carbonyl (C=O) groups excluding carboxylic acids is 1. The van der Waals surface area contributed by atoms with Crippen LogP contribution in [0.4, 0.5) is 10.5 Å². The molecule has 1 atom stereocenters. The number of morpholine rings is 1. The minimum atomic E-state index is -1.06. The van der Waals surface area contributed by atoms with Crippen LogP contribution in [0.3, 0.4) is 0 Å². The molecular weight excluding hydrogens is 280 g/mol. The van der Waals surface area contributed by atoms with Crippen molar-refractivity contribution in [2.45, 2.75) is 10.9 Å². The summed E-state index contributed by atoms with van der Waals surface area (Å²) in [7, 11) is 0. The number of carbonyl (C=O) groups is 2. The van der Waals surface area contributed by atoms with Crippen LogP contribution in [0.1, 0.15) is 0 Å². The smallest absolute Gasteiger partial charge is 0.328 e. The first-order valence-corrected chi connectivity index (χ1v) is 7.37. The van der Waals surface area contributed by atoms with Crippen molar-refractivity contribution < 1.29 is 19.4 Å². The van der Waals surface area contributed by atoms with Crippen LogP contribution in [0.25, 0.3) is 0 Å². The van der Waals surface area contributed by atoms with Gasteiger partial charge in [-0.2, -0.15) is 0 Å². The molecule has 20 heavy (non-hydrogen) atoms. The molecule has 1 unspecified atom stereocenters. The lowest BCUT2D eigenvalue weighted by molar-refractivity contribution is -0.147. The fourth-order valence-corrected chi connectivity index (χ4v) is 2.54. The fraction of sp³-hybridized carbons (Fsp3) is 0.385. The number of carboxylic acids is 1. The maximum absolute atomic E-state index is 12.2. The molecule has 0 saturated carbocycles. The van der Waals surface area contributed by atoms with Crippen molar-refractivity contribution in [1.82, 2.24) is 4.90 Å². The lowest BCUT2D eigenvalue weighted by atomic mass is 10.2. The minimum absolute atomic E-state index is 0.0208. The van der Waals surface area contributed by atoms with E-state index in [-0.39, 0.29) is 13.2 Å². The second-order valence-corrected chi connectivity index (χ2v) is 5.10. The number of benzene rings is 1. The van der Waals surface area contributed by atoms with Crippen LogP contribution in [0.5, 0.6) is 0 Å². The van der Waals surface area contributed by atoms with Gasteiger partial charge in [-0.25, -0.2) is 9.59 Å². The standard InChI is InChI=1S/C13H16N2O4S/c1-20-11-5-3-2-4-9(11)14-13(18)15-6-7-19-8-10(15)12(16)17/h2-5,10H,6-8H2,1H3,(H,14,18)(H,16,17). The van der Waals surface area contributed by atoms with Gasteiger partial charge < -0.3 is 20.1 Å². The number of anilines is 1. The van der Waals surface area contributed by atoms with Crippen LogP contribution in [0, 0.1) is 0 Å². The molecule has 0 radical (unpaired) electrons. The molecule has 108 valence electrons. The highest BCUT2D eigenvalue weighted by Gasteiger charge is 2.32. The summed E-state index contributed by atoms with van der Waals surface area (Å²) in [5.74, 6) is -1.06. The van der Waals surface area contributed by atoms with Crippen LogP contribution in [0.15, 0.2) is 29.2 Å². The van der Waals surface area contributed by atoms with E-state index < -0.39 is 18.0 Å². The molecule has 1 aromatic rings. The molecule has 2 N–H and O–H groups in total. The Morgan fingerprint density at radius 3 is 2.90 bits per heavy atom. The minimum Gasteiger partial charge on any atom is -0.480 e. The monoisotopic (exact) mass is 296 g/mol. The molecule has 7 heteroatoms. The maximum Gasteiger partial charge on any atom is 0.328 e. The maximum atomic E-state index is 12.2. The van der Waals surface area contributed by atoms with Gasteiger partial charge in [0.15, 0.2) is 6.04 Å². The van der Waals surface area contributed by atoms with Gasteiger partial charge in [-0.05, 0) is 18.4 Å². The lowest BCUT2D eigenvalue weighted by Gasteiger charge is -2.32. The molecule has 1 saturated heterocycles. The Morgan fingerprint density at radius 1 is 1.45 bits per heavy atom.